The molecular formula is C29H17Cl5O8. The van der Waals surface area contributed by atoms with E-state index in [-0.39, 0.29) is 64.9 Å². The van der Waals surface area contributed by atoms with Gasteiger partial charge in [0.2, 0.25) is 0 Å². The van der Waals surface area contributed by atoms with Crippen LogP contribution in [0.25, 0.3) is 11.1 Å². The number of halogens is 5. The Balaban J connectivity index is 2.01. The van der Waals surface area contributed by atoms with Crippen LogP contribution in [-0.4, -0.2) is 37.5 Å². The smallest absolute Gasteiger partial charge is 0.341 e. The summed E-state index contributed by atoms with van der Waals surface area (Å²) in [5.41, 5.74) is -3.24. The zero-order chi connectivity index (χ0) is 30.7. The SMILES string of the molecule is O=C(O)CCc1cc(C2(c3cc(Cl)c(O)cc3O)OC(=O)c3c(Cl)c(Cl)c(Cl)c(Cl)c32)c(O)c(-c2ccccc2)c1O. The molecule has 0 saturated heterocycles. The first-order chi connectivity index (χ1) is 19.8. The predicted octanol–water partition coefficient (Wildman–Crippen LogP) is 7.92. The Hall–Kier alpha value is -3.53. The Bertz CT molecular complexity index is 1810. The molecule has 0 spiro atoms. The van der Waals surface area contributed by atoms with Crippen LogP contribution in [0.1, 0.15) is 39.0 Å². The van der Waals surface area contributed by atoms with Crippen LogP contribution in [0.3, 0.4) is 0 Å². The van der Waals surface area contributed by atoms with E-state index in [2.05, 4.69) is 0 Å². The molecule has 8 nitrogen and oxygen atoms in total. The lowest BCUT2D eigenvalue weighted by atomic mass is 9.76. The molecule has 0 radical (unpaired) electrons. The first-order valence-electron chi connectivity index (χ1n) is 12.0. The minimum Gasteiger partial charge on any atom is -0.507 e. The summed E-state index contributed by atoms with van der Waals surface area (Å²) < 4.78 is 5.95. The number of carboxylic acids is 1. The first-order valence-corrected chi connectivity index (χ1v) is 13.9. The number of aliphatic carboxylic acids is 1. The van der Waals surface area contributed by atoms with Crippen LogP contribution in [0.2, 0.25) is 25.1 Å². The van der Waals surface area contributed by atoms with Gasteiger partial charge >= 0.3 is 11.9 Å². The van der Waals surface area contributed by atoms with Crippen molar-refractivity contribution in [2.75, 3.05) is 0 Å². The number of rotatable bonds is 6. The van der Waals surface area contributed by atoms with E-state index >= 15 is 0 Å². The molecule has 0 bridgehead atoms. The summed E-state index contributed by atoms with van der Waals surface area (Å²) in [6, 6.07) is 11.3. The van der Waals surface area contributed by atoms with Gasteiger partial charge in [0.1, 0.15) is 23.0 Å². The monoisotopic (exact) mass is 668 g/mol. The normalized spacial score (nSPS) is 15.9. The average molecular weight is 671 g/mol. The Kier molecular flexibility index (Phi) is 7.81. The lowest BCUT2D eigenvalue weighted by molar-refractivity contribution is -0.136. The van der Waals surface area contributed by atoms with Gasteiger partial charge in [-0.25, -0.2) is 4.79 Å². The summed E-state index contributed by atoms with van der Waals surface area (Å²) in [7, 11) is 0. The molecule has 1 heterocycles. The van der Waals surface area contributed by atoms with Crippen LogP contribution < -0.4 is 0 Å². The number of carbonyl (C=O) groups is 2. The lowest BCUT2D eigenvalue weighted by Crippen LogP contribution is -2.30. The molecule has 216 valence electrons. The highest BCUT2D eigenvalue weighted by atomic mass is 35.5. The topological polar surface area (TPSA) is 145 Å². The molecule has 1 unspecified atom stereocenters. The quantitative estimate of drug-likeness (QED) is 0.0791. The van der Waals surface area contributed by atoms with Crippen molar-refractivity contribution < 1.29 is 39.9 Å². The van der Waals surface area contributed by atoms with E-state index in [1.165, 1.54) is 6.07 Å². The highest BCUT2D eigenvalue weighted by Gasteiger charge is 2.55. The highest BCUT2D eigenvalue weighted by Crippen LogP contribution is 2.60. The summed E-state index contributed by atoms with van der Waals surface area (Å²) in [5, 5.41) is 52.3. The minimum atomic E-state index is -2.36. The standard InChI is InChI=1S/C29H17Cl5O8/c30-15-9-13(16(35)10-17(15)36)29(21-20(28(41)42-29)22(31)24(33)25(34)23(21)32)14-8-12(6-7-18(37)38)26(39)19(27(14)40)11-4-2-1-3-5-11/h1-5,8-10,35-36,39-40H,6-7H2,(H,37,38). The number of phenols is 4. The summed E-state index contributed by atoms with van der Waals surface area (Å²) >= 11 is 32.0. The van der Waals surface area contributed by atoms with Crippen LogP contribution in [0.4, 0.5) is 0 Å². The Morgan fingerprint density at radius 1 is 0.762 bits per heavy atom. The van der Waals surface area contributed by atoms with Gasteiger partial charge in [0, 0.05) is 29.2 Å². The van der Waals surface area contributed by atoms with Crippen LogP contribution in [0, 0.1) is 0 Å². The Morgan fingerprint density at radius 2 is 1.40 bits per heavy atom. The molecule has 5 N–H and O–H groups in total. The van der Waals surface area contributed by atoms with Crippen molar-refractivity contribution in [3.8, 4) is 34.1 Å². The zero-order valence-corrected chi connectivity index (χ0v) is 24.7. The number of carbonyl (C=O) groups excluding carboxylic acids is 1. The summed E-state index contributed by atoms with van der Waals surface area (Å²) in [5.74, 6) is -4.46. The van der Waals surface area contributed by atoms with Crippen molar-refractivity contribution in [1.82, 2.24) is 0 Å². The molecule has 4 aromatic carbocycles. The molecule has 0 fully saturated rings. The van der Waals surface area contributed by atoms with E-state index in [0.29, 0.717) is 5.56 Å². The number of aryl methyl sites for hydroxylation is 1. The fraction of sp³-hybridized carbons (Fsp3) is 0.103. The van der Waals surface area contributed by atoms with Crippen molar-refractivity contribution in [3.05, 3.63) is 101 Å². The van der Waals surface area contributed by atoms with Gasteiger partial charge in [-0.15, -0.1) is 0 Å². The van der Waals surface area contributed by atoms with Crippen molar-refractivity contribution in [1.29, 1.82) is 0 Å². The van der Waals surface area contributed by atoms with E-state index in [9.17, 15) is 35.1 Å². The predicted molar refractivity (Wildman–Crippen MR) is 158 cm³/mol. The van der Waals surface area contributed by atoms with E-state index in [0.717, 1.165) is 12.1 Å². The Labute approximate surface area is 262 Å². The number of carboxylic acid groups (broad SMARTS) is 1. The van der Waals surface area contributed by atoms with Gasteiger partial charge in [-0.05, 0) is 29.7 Å². The van der Waals surface area contributed by atoms with Crippen LogP contribution in [0.5, 0.6) is 23.0 Å². The molecule has 1 atom stereocenters. The zero-order valence-electron chi connectivity index (χ0n) is 20.9. The second-order valence-corrected chi connectivity index (χ2v) is 11.2. The third kappa shape index (κ3) is 4.55. The fourth-order valence-corrected chi connectivity index (χ4v) is 6.28. The van der Waals surface area contributed by atoms with E-state index < -0.39 is 47.0 Å². The molecule has 1 aliphatic rings. The maximum Gasteiger partial charge on any atom is 0.341 e. The first kappa shape index (κ1) is 29.9. The van der Waals surface area contributed by atoms with Crippen molar-refractivity contribution >= 4 is 69.9 Å². The number of esters is 1. The van der Waals surface area contributed by atoms with Gasteiger partial charge in [0.15, 0.2) is 5.60 Å². The van der Waals surface area contributed by atoms with E-state index in [1.807, 2.05) is 0 Å². The largest absolute Gasteiger partial charge is 0.507 e. The molecule has 1 aliphatic heterocycles. The number of fused-ring (bicyclic) bond motifs is 1. The lowest BCUT2D eigenvalue weighted by Gasteiger charge is -2.33. The van der Waals surface area contributed by atoms with Crippen LogP contribution >= 0.6 is 58.0 Å². The number of cyclic esters (lactones) is 1. The van der Waals surface area contributed by atoms with E-state index in [4.69, 9.17) is 62.7 Å². The molecule has 5 rings (SSSR count). The number of phenolic OH excluding ortho intramolecular Hbond substituents is 4. The van der Waals surface area contributed by atoms with E-state index in [1.54, 1.807) is 30.3 Å². The van der Waals surface area contributed by atoms with Gasteiger partial charge in [0.25, 0.3) is 0 Å². The molecule has 13 heteroatoms. The third-order valence-electron chi connectivity index (χ3n) is 6.91. The maximum absolute atomic E-state index is 13.5. The number of benzene rings is 4. The van der Waals surface area contributed by atoms with Crippen molar-refractivity contribution in [3.63, 3.8) is 0 Å². The van der Waals surface area contributed by atoms with Gasteiger partial charge in [-0.3, -0.25) is 4.79 Å². The molecule has 42 heavy (non-hydrogen) atoms. The number of hydrogen-bond acceptors (Lipinski definition) is 7. The molecule has 4 aromatic rings. The molecule has 0 saturated carbocycles. The number of aromatic hydroxyl groups is 4. The van der Waals surface area contributed by atoms with Crippen molar-refractivity contribution in [2.45, 2.75) is 18.4 Å². The molecule has 0 aromatic heterocycles. The number of ether oxygens (including phenoxy) is 1. The average Bonchev–Trinajstić information content (AvgIpc) is 3.26. The minimum absolute atomic E-state index is 0.0413. The third-order valence-corrected chi connectivity index (χ3v) is 9.02. The van der Waals surface area contributed by atoms with Crippen molar-refractivity contribution in [2.24, 2.45) is 0 Å². The van der Waals surface area contributed by atoms with Gasteiger partial charge in [-0.2, -0.15) is 0 Å². The van der Waals surface area contributed by atoms with Gasteiger partial charge in [-0.1, -0.05) is 88.3 Å². The van der Waals surface area contributed by atoms with Gasteiger partial charge in [0.05, 0.1) is 36.2 Å². The Morgan fingerprint density at radius 3 is 2.05 bits per heavy atom. The molecule has 0 amide bonds. The maximum atomic E-state index is 13.5. The van der Waals surface area contributed by atoms with Crippen LogP contribution in [-0.2, 0) is 21.6 Å². The fourth-order valence-electron chi connectivity index (χ4n) is 5.05. The summed E-state index contributed by atoms with van der Waals surface area (Å²) in [6.45, 7) is 0. The number of hydrogen-bond donors (Lipinski definition) is 5. The second kappa shape index (κ2) is 10.9. The summed E-state index contributed by atoms with van der Waals surface area (Å²) in [6.07, 6.45) is -0.636. The highest BCUT2D eigenvalue weighted by molar-refractivity contribution is 6.53. The second-order valence-electron chi connectivity index (χ2n) is 9.31. The molecular weight excluding hydrogens is 654 g/mol. The van der Waals surface area contributed by atoms with Gasteiger partial charge < -0.3 is 30.3 Å². The summed E-state index contributed by atoms with van der Waals surface area (Å²) in [4.78, 5) is 25.0. The molecule has 0 aliphatic carbocycles. The van der Waals surface area contributed by atoms with Crippen LogP contribution in [0.15, 0.2) is 48.5 Å².